The molecule has 2 radical (unpaired) electrons. The Balaban J connectivity index is 0.000000239. The summed E-state index contributed by atoms with van der Waals surface area (Å²) >= 11 is 2.19. The normalized spacial score (nSPS) is 9.51. The number of hydrogen-bond acceptors (Lipinski definition) is 7. The van der Waals surface area contributed by atoms with Gasteiger partial charge in [0, 0.05) is 74.7 Å². The van der Waals surface area contributed by atoms with Gasteiger partial charge in [-0.1, -0.05) is 64.1 Å². The Morgan fingerprint density at radius 1 is 0.745 bits per heavy atom. The molecule has 0 unspecified atom stereocenters. The summed E-state index contributed by atoms with van der Waals surface area (Å²) in [6.45, 7) is 8.00. The highest BCUT2D eigenvalue weighted by molar-refractivity contribution is 14.1. The van der Waals surface area contributed by atoms with Crippen LogP contribution >= 0.6 is 22.6 Å². The van der Waals surface area contributed by atoms with Crippen LogP contribution in [0.25, 0.3) is 22.5 Å². The molecule has 4 aromatic heterocycles. The van der Waals surface area contributed by atoms with Crippen LogP contribution in [0.15, 0.2) is 132 Å². The molecule has 6 aromatic rings. The van der Waals surface area contributed by atoms with Crippen molar-refractivity contribution in [3.63, 3.8) is 0 Å². The molecule has 11 nitrogen and oxygen atoms in total. The smallest absolute Gasteiger partial charge is 0.423 e. The predicted molar refractivity (Wildman–Crippen MR) is 196 cm³/mol. The SMILES string of the molecule is CC.CC.O=c1ccc(-c2cn[nH]c2)cn1-c1ccccc1.O=c1ccc(I)cn1-c1ccccc1.[B]C(=O)n1cc(B(O)O)cn1. The first kappa shape index (κ1) is 38.4. The third kappa shape index (κ3) is 11.8. The molecule has 2 aromatic carbocycles. The molecule has 4 heterocycles. The van der Waals surface area contributed by atoms with Crippen LogP contribution in [0.5, 0.6) is 0 Å². The fourth-order valence-electron chi connectivity index (χ4n) is 3.70. The number of rotatable bonds is 4. The number of aromatic amines is 1. The molecule has 0 saturated carbocycles. The summed E-state index contributed by atoms with van der Waals surface area (Å²) in [5, 5.41) is 27.3. The molecule has 6 rings (SSSR count). The van der Waals surface area contributed by atoms with Crippen LogP contribution in [0.3, 0.4) is 0 Å². The lowest BCUT2D eigenvalue weighted by Crippen LogP contribution is -2.28. The van der Waals surface area contributed by atoms with Crippen molar-refractivity contribution in [1.82, 2.24) is 29.1 Å². The van der Waals surface area contributed by atoms with E-state index in [1.807, 2.05) is 107 Å². The van der Waals surface area contributed by atoms with Crippen molar-refractivity contribution >= 4 is 48.8 Å². The van der Waals surface area contributed by atoms with Crippen molar-refractivity contribution in [3.8, 4) is 22.5 Å². The van der Waals surface area contributed by atoms with Crippen molar-refractivity contribution in [1.29, 1.82) is 0 Å². The number of para-hydroxylation sites is 2. The molecule has 0 aliphatic carbocycles. The Kier molecular flexibility index (Phi) is 16.6. The van der Waals surface area contributed by atoms with E-state index in [9.17, 15) is 14.4 Å². The minimum atomic E-state index is -1.62. The zero-order valence-corrected chi connectivity index (χ0v) is 28.6. The highest BCUT2D eigenvalue weighted by atomic mass is 127. The number of H-pyrrole nitrogens is 1. The molecule has 0 spiro atoms. The lowest BCUT2D eigenvalue weighted by atomic mass is 9.83. The van der Waals surface area contributed by atoms with Gasteiger partial charge in [-0.3, -0.25) is 28.6 Å². The minimum Gasteiger partial charge on any atom is -0.423 e. The quantitative estimate of drug-likeness (QED) is 0.179. The van der Waals surface area contributed by atoms with Crippen LogP contribution < -0.4 is 16.6 Å². The second-order valence-corrected chi connectivity index (χ2v) is 10.0. The van der Waals surface area contributed by atoms with E-state index in [1.54, 1.807) is 39.7 Å². The van der Waals surface area contributed by atoms with Gasteiger partial charge in [-0.25, -0.2) is 4.68 Å². The Bertz CT molecular complexity index is 1890. The largest absolute Gasteiger partial charge is 0.491 e. The van der Waals surface area contributed by atoms with Crippen molar-refractivity contribution in [2.24, 2.45) is 0 Å². The molecule has 0 bridgehead atoms. The third-order valence-corrected chi connectivity index (χ3v) is 6.45. The molecule has 3 N–H and O–H groups in total. The molecule has 0 atom stereocenters. The zero-order chi connectivity index (χ0) is 34.8. The summed E-state index contributed by atoms with van der Waals surface area (Å²) in [5.74, 6) is -0.767. The number of nitrogens with one attached hydrogen (secondary N) is 1. The number of hydrogen-bond donors (Lipinski definition) is 3. The summed E-state index contributed by atoms with van der Waals surface area (Å²) < 4.78 is 5.13. The lowest BCUT2D eigenvalue weighted by Gasteiger charge is -2.06. The van der Waals surface area contributed by atoms with Gasteiger partial charge in [0.2, 0.25) is 7.85 Å². The number of carbonyl (C=O) groups excluding carboxylic acids is 1. The van der Waals surface area contributed by atoms with Crippen LogP contribution in [0, 0.1) is 3.57 Å². The fraction of sp³-hybridized carbons (Fsp3) is 0.121. The summed E-state index contributed by atoms with van der Waals surface area (Å²) in [6, 6.07) is 25.9. The van der Waals surface area contributed by atoms with E-state index in [0.717, 1.165) is 43.1 Å². The molecular formula is C33H35B2IN6O5. The summed E-state index contributed by atoms with van der Waals surface area (Å²) in [7, 11) is 3.20. The van der Waals surface area contributed by atoms with Crippen LogP contribution in [0.4, 0.5) is 4.79 Å². The Hall–Kier alpha value is -4.79. The topological polar surface area (TPSA) is 148 Å². The van der Waals surface area contributed by atoms with E-state index in [4.69, 9.17) is 17.9 Å². The predicted octanol–water partition coefficient (Wildman–Crippen LogP) is 4.42. The average Bonchev–Trinajstić information content (AvgIpc) is 3.84. The van der Waals surface area contributed by atoms with Gasteiger partial charge in [0.15, 0.2) is 5.81 Å². The second-order valence-electron chi connectivity index (χ2n) is 8.77. The highest BCUT2D eigenvalue weighted by Crippen LogP contribution is 2.17. The molecule has 240 valence electrons. The Morgan fingerprint density at radius 3 is 1.72 bits per heavy atom. The molecular weight excluding hydrogens is 709 g/mol. The van der Waals surface area contributed by atoms with E-state index in [-0.39, 0.29) is 16.6 Å². The number of carbonyl (C=O) groups is 1. The van der Waals surface area contributed by atoms with Gasteiger partial charge in [0.05, 0.1) is 6.20 Å². The van der Waals surface area contributed by atoms with E-state index < -0.39 is 12.9 Å². The van der Waals surface area contributed by atoms with E-state index in [2.05, 4.69) is 37.9 Å². The van der Waals surface area contributed by atoms with E-state index >= 15 is 0 Å². The first-order valence-electron chi connectivity index (χ1n) is 14.6. The number of benzene rings is 2. The minimum absolute atomic E-state index is 0.00313. The lowest BCUT2D eigenvalue weighted by molar-refractivity contribution is 0.258. The molecule has 0 aliphatic rings. The van der Waals surface area contributed by atoms with Crippen molar-refractivity contribution < 1.29 is 14.8 Å². The molecule has 0 aliphatic heterocycles. The van der Waals surface area contributed by atoms with Gasteiger partial charge in [-0.05, 0) is 59.0 Å². The van der Waals surface area contributed by atoms with Crippen molar-refractivity contribution in [3.05, 3.63) is 146 Å². The van der Waals surface area contributed by atoms with Crippen molar-refractivity contribution in [2.45, 2.75) is 27.7 Å². The number of nitrogens with zero attached hydrogens (tertiary/aromatic N) is 5. The third-order valence-electron chi connectivity index (χ3n) is 5.81. The van der Waals surface area contributed by atoms with Crippen LogP contribution in [0.1, 0.15) is 27.7 Å². The first-order valence-corrected chi connectivity index (χ1v) is 15.7. The number of halogens is 1. The van der Waals surface area contributed by atoms with Gasteiger partial charge < -0.3 is 10.0 Å². The van der Waals surface area contributed by atoms with Gasteiger partial charge in [-0.2, -0.15) is 10.2 Å². The monoisotopic (exact) mass is 744 g/mol. The number of aromatic nitrogens is 6. The molecule has 0 saturated heterocycles. The fourth-order valence-corrected chi connectivity index (χ4v) is 4.16. The summed E-state index contributed by atoms with van der Waals surface area (Å²) in [4.78, 5) is 33.8. The zero-order valence-electron chi connectivity index (χ0n) is 26.4. The molecule has 47 heavy (non-hydrogen) atoms. The summed E-state index contributed by atoms with van der Waals surface area (Å²) in [6.07, 6.45) is 9.48. The first-order chi connectivity index (χ1) is 22.7. The molecule has 0 fully saturated rings. The van der Waals surface area contributed by atoms with Crippen LogP contribution in [0.2, 0.25) is 0 Å². The number of pyridine rings is 2. The molecule has 14 heteroatoms. The van der Waals surface area contributed by atoms with Gasteiger partial charge in [0.25, 0.3) is 11.1 Å². The molecule has 0 amide bonds. The Labute approximate surface area is 288 Å². The average molecular weight is 744 g/mol. The van der Waals surface area contributed by atoms with E-state index in [1.165, 1.54) is 0 Å². The van der Waals surface area contributed by atoms with Crippen molar-refractivity contribution in [2.75, 3.05) is 0 Å². The Morgan fingerprint density at radius 2 is 1.28 bits per heavy atom. The summed E-state index contributed by atoms with van der Waals surface area (Å²) in [5.41, 5.74) is 3.74. The van der Waals surface area contributed by atoms with Gasteiger partial charge in [-0.15, -0.1) is 0 Å². The highest BCUT2D eigenvalue weighted by Gasteiger charge is 2.13. The second kappa shape index (κ2) is 20.4. The standard InChI is InChI=1S/C14H11N3O.C11H8INO.C4H4B2N2O3.2C2H6/c18-14-7-6-11(12-8-15-16-9-12)10-17(14)13-4-2-1-3-5-13;12-9-6-7-11(14)13(8-9)10-4-2-1-3-5-10;5-4(9)8-2-3(1-7-8)6(10)11;2*1-2/h1-10H,(H,15,16);1-8H;1-2,10-11H;2*1-2H3. The maximum absolute atomic E-state index is 11.9. The maximum atomic E-state index is 11.9. The maximum Gasteiger partial charge on any atom is 0.491 e. The van der Waals surface area contributed by atoms with Gasteiger partial charge in [0.1, 0.15) is 0 Å². The van der Waals surface area contributed by atoms with Crippen LogP contribution in [-0.4, -0.2) is 59.9 Å². The van der Waals surface area contributed by atoms with Crippen LogP contribution in [-0.2, 0) is 0 Å². The van der Waals surface area contributed by atoms with E-state index in [0.29, 0.717) is 0 Å². The van der Waals surface area contributed by atoms with Gasteiger partial charge >= 0.3 is 7.12 Å².